The van der Waals surface area contributed by atoms with Gasteiger partial charge in [-0.2, -0.15) is 0 Å². The van der Waals surface area contributed by atoms with Crippen molar-refractivity contribution >= 4 is 22.6 Å². The van der Waals surface area contributed by atoms with Crippen molar-refractivity contribution in [1.82, 2.24) is 0 Å². The maximum absolute atomic E-state index is 11.9. The van der Waals surface area contributed by atoms with Crippen molar-refractivity contribution in [3.63, 3.8) is 0 Å². The van der Waals surface area contributed by atoms with Crippen LogP contribution in [-0.2, 0) is 6.42 Å². The predicted molar refractivity (Wildman–Crippen MR) is 76.7 cm³/mol. The molecule has 3 rings (SSSR count). The van der Waals surface area contributed by atoms with E-state index in [4.69, 9.17) is 16.0 Å². The third-order valence-corrected chi connectivity index (χ3v) is 3.27. The second kappa shape index (κ2) is 4.90. The lowest BCUT2D eigenvalue weighted by molar-refractivity contribution is 0.552. The van der Waals surface area contributed by atoms with Gasteiger partial charge in [0.2, 0.25) is 0 Å². The molecule has 19 heavy (non-hydrogen) atoms. The van der Waals surface area contributed by atoms with E-state index in [1.54, 1.807) is 6.07 Å². The molecule has 0 aliphatic rings. The fraction of sp³-hybridized carbons (Fsp3) is 0.0625. The third-order valence-electron chi connectivity index (χ3n) is 3.02. The topological polar surface area (TPSA) is 30.2 Å². The minimum Gasteiger partial charge on any atom is -0.423 e. The average Bonchev–Trinajstić information content (AvgIpc) is 2.42. The molecule has 0 aliphatic heterocycles. The van der Waals surface area contributed by atoms with Crippen molar-refractivity contribution in [3.8, 4) is 0 Å². The Hall–Kier alpha value is -2.06. The number of hydrogen-bond acceptors (Lipinski definition) is 2. The molecule has 0 saturated carbocycles. The fourth-order valence-corrected chi connectivity index (χ4v) is 2.18. The summed E-state index contributed by atoms with van der Waals surface area (Å²) in [7, 11) is 0. The standard InChI is InChI=1S/C16H11ClO2/c17-14-7-5-11(6-8-14)9-13-10-12-3-1-2-4-15(12)19-16(13)18/h1-8,10H,9H2. The predicted octanol–water partition coefficient (Wildman–Crippen LogP) is 4.04. The highest BCUT2D eigenvalue weighted by Gasteiger charge is 2.06. The molecule has 0 saturated heterocycles. The zero-order valence-electron chi connectivity index (χ0n) is 10.1. The minimum absolute atomic E-state index is 0.284. The summed E-state index contributed by atoms with van der Waals surface area (Å²) < 4.78 is 5.31. The van der Waals surface area contributed by atoms with Gasteiger partial charge in [0.05, 0.1) is 0 Å². The first-order valence-corrected chi connectivity index (χ1v) is 6.36. The molecule has 3 heteroatoms. The lowest BCUT2D eigenvalue weighted by atomic mass is 10.1. The number of rotatable bonds is 2. The lowest BCUT2D eigenvalue weighted by Gasteiger charge is -2.02. The highest BCUT2D eigenvalue weighted by Crippen LogP contribution is 2.16. The second-order valence-electron chi connectivity index (χ2n) is 4.40. The zero-order valence-corrected chi connectivity index (χ0v) is 10.9. The van der Waals surface area contributed by atoms with Crippen LogP contribution in [-0.4, -0.2) is 0 Å². The first-order valence-electron chi connectivity index (χ1n) is 5.98. The zero-order chi connectivity index (χ0) is 13.2. The summed E-state index contributed by atoms with van der Waals surface area (Å²) in [5, 5.41) is 1.63. The van der Waals surface area contributed by atoms with Gasteiger partial charge in [0.1, 0.15) is 5.58 Å². The van der Waals surface area contributed by atoms with Gasteiger partial charge >= 0.3 is 5.63 Å². The van der Waals surface area contributed by atoms with Crippen LogP contribution < -0.4 is 5.63 Å². The van der Waals surface area contributed by atoms with E-state index in [2.05, 4.69) is 0 Å². The summed E-state index contributed by atoms with van der Waals surface area (Å²) in [6, 6.07) is 16.9. The summed E-state index contributed by atoms with van der Waals surface area (Å²) in [6.07, 6.45) is 0.546. The summed E-state index contributed by atoms with van der Waals surface area (Å²) in [6.45, 7) is 0. The molecule has 0 aliphatic carbocycles. The number of benzene rings is 2. The minimum atomic E-state index is -0.284. The van der Waals surface area contributed by atoms with Crippen LogP contribution in [0.2, 0.25) is 5.02 Å². The van der Waals surface area contributed by atoms with E-state index in [1.807, 2.05) is 48.5 Å². The summed E-state index contributed by atoms with van der Waals surface area (Å²) in [5.74, 6) is 0. The first-order chi connectivity index (χ1) is 9.22. The van der Waals surface area contributed by atoms with Gasteiger partial charge < -0.3 is 4.42 Å². The van der Waals surface area contributed by atoms with Crippen molar-refractivity contribution < 1.29 is 4.42 Å². The van der Waals surface area contributed by atoms with E-state index in [9.17, 15) is 4.79 Å². The Morgan fingerprint density at radius 1 is 1.00 bits per heavy atom. The van der Waals surface area contributed by atoms with Gasteiger partial charge in [-0.1, -0.05) is 41.9 Å². The van der Waals surface area contributed by atoms with Crippen LogP contribution in [0.25, 0.3) is 11.0 Å². The van der Waals surface area contributed by atoms with Gasteiger partial charge in [-0.05, 0) is 29.8 Å². The maximum Gasteiger partial charge on any atom is 0.339 e. The van der Waals surface area contributed by atoms with E-state index < -0.39 is 0 Å². The largest absolute Gasteiger partial charge is 0.423 e. The smallest absolute Gasteiger partial charge is 0.339 e. The molecule has 0 unspecified atom stereocenters. The van der Waals surface area contributed by atoms with Crippen LogP contribution in [0.5, 0.6) is 0 Å². The van der Waals surface area contributed by atoms with Gasteiger partial charge in [0.15, 0.2) is 0 Å². The van der Waals surface area contributed by atoms with Crippen LogP contribution in [0.3, 0.4) is 0 Å². The van der Waals surface area contributed by atoms with Crippen molar-refractivity contribution in [3.05, 3.63) is 81.2 Å². The molecule has 0 atom stereocenters. The average molecular weight is 271 g/mol. The van der Waals surface area contributed by atoms with E-state index >= 15 is 0 Å². The van der Waals surface area contributed by atoms with Crippen LogP contribution in [0.15, 0.2) is 63.8 Å². The normalized spacial score (nSPS) is 10.8. The van der Waals surface area contributed by atoms with Gasteiger partial charge in [0, 0.05) is 22.4 Å². The van der Waals surface area contributed by atoms with Crippen molar-refractivity contribution in [2.75, 3.05) is 0 Å². The van der Waals surface area contributed by atoms with E-state index in [0.29, 0.717) is 22.6 Å². The molecule has 2 aromatic carbocycles. The Balaban J connectivity index is 2.03. The lowest BCUT2D eigenvalue weighted by Crippen LogP contribution is -2.07. The maximum atomic E-state index is 11.9. The van der Waals surface area contributed by atoms with E-state index in [-0.39, 0.29) is 5.63 Å². The van der Waals surface area contributed by atoms with Crippen LogP contribution in [0, 0.1) is 0 Å². The monoisotopic (exact) mass is 270 g/mol. The molecule has 94 valence electrons. The second-order valence-corrected chi connectivity index (χ2v) is 4.84. The summed E-state index contributed by atoms with van der Waals surface area (Å²) in [5.41, 5.74) is 2.02. The van der Waals surface area contributed by atoms with Crippen LogP contribution in [0.4, 0.5) is 0 Å². The molecule has 3 aromatic rings. The van der Waals surface area contributed by atoms with Gasteiger partial charge in [-0.25, -0.2) is 4.79 Å². The highest BCUT2D eigenvalue weighted by atomic mass is 35.5. The highest BCUT2D eigenvalue weighted by molar-refractivity contribution is 6.30. The van der Waals surface area contributed by atoms with Crippen molar-refractivity contribution in [2.24, 2.45) is 0 Å². The number of fused-ring (bicyclic) bond motifs is 1. The quantitative estimate of drug-likeness (QED) is 0.658. The van der Waals surface area contributed by atoms with Crippen LogP contribution in [0.1, 0.15) is 11.1 Å². The number of halogens is 1. The van der Waals surface area contributed by atoms with Crippen molar-refractivity contribution in [1.29, 1.82) is 0 Å². The first kappa shape index (κ1) is 12.0. The molecular weight excluding hydrogens is 260 g/mol. The molecule has 0 N–H and O–H groups in total. The van der Waals surface area contributed by atoms with Gasteiger partial charge in [0.25, 0.3) is 0 Å². The van der Waals surface area contributed by atoms with Crippen LogP contribution >= 0.6 is 11.6 Å². The molecule has 0 amide bonds. The SMILES string of the molecule is O=c1oc2ccccc2cc1Cc1ccc(Cl)cc1. The summed E-state index contributed by atoms with van der Waals surface area (Å²) >= 11 is 5.84. The van der Waals surface area contributed by atoms with Gasteiger partial charge in [-0.15, -0.1) is 0 Å². The molecular formula is C16H11ClO2. The molecule has 1 aromatic heterocycles. The fourth-order valence-electron chi connectivity index (χ4n) is 2.05. The molecule has 0 bridgehead atoms. The summed E-state index contributed by atoms with van der Waals surface area (Å²) in [4.78, 5) is 11.9. The Morgan fingerprint density at radius 2 is 1.74 bits per heavy atom. The molecule has 0 fully saturated rings. The Kier molecular flexibility index (Phi) is 3.10. The Labute approximate surface area is 115 Å². The number of para-hydroxylation sites is 1. The molecule has 2 nitrogen and oxygen atoms in total. The molecule has 1 heterocycles. The molecule has 0 radical (unpaired) electrons. The molecule has 0 spiro atoms. The Bertz CT molecular complexity index is 773. The van der Waals surface area contributed by atoms with E-state index in [0.717, 1.165) is 10.9 Å². The Morgan fingerprint density at radius 3 is 2.53 bits per heavy atom. The van der Waals surface area contributed by atoms with Gasteiger partial charge in [-0.3, -0.25) is 0 Å². The third kappa shape index (κ3) is 2.54. The van der Waals surface area contributed by atoms with Crippen molar-refractivity contribution in [2.45, 2.75) is 6.42 Å². The van der Waals surface area contributed by atoms with E-state index in [1.165, 1.54) is 0 Å². The number of hydrogen-bond donors (Lipinski definition) is 0.